The Bertz CT molecular complexity index is 394. The van der Waals surface area contributed by atoms with Crippen molar-refractivity contribution in [3.05, 3.63) is 12.2 Å². The van der Waals surface area contributed by atoms with E-state index in [2.05, 4.69) is 37.8 Å². The third kappa shape index (κ3) is 2.58. The van der Waals surface area contributed by atoms with Gasteiger partial charge in [-0.1, -0.05) is 20.3 Å². The summed E-state index contributed by atoms with van der Waals surface area (Å²) in [6, 6.07) is 0.551. The second kappa shape index (κ2) is 5.00. The van der Waals surface area contributed by atoms with E-state index in [9.17, 15) is 0 Å². The number of hydrogen-bond donors (Lipinski definition) is 1. The van der Waals surface area contributed by atoms with Crippen molar-refractivity contribution in [3.63, 3.8) is 0 Å². The van der Waals surface area contributed by atoms with Crippen molar-refractivity contribution in [2.45, 2.75) is 65.5 Å². The van der Waals surface area contributed by atoms with Gasteiger partial charge in [0.25, 0.3) is 0 Å². The molecule has 102 valence electrons. The van der Waals surface area contributed by atoms with Gasteiger partial charge in [0.15, 0.2) is 0 Å². The van der Waals surface area contributed by atoms with Crippen molar-refractivity contribution in [1.29, 1.82) is 0 Å². The summed E-state index contributed by atoms with van der Waals surface area (Å²) in [6.07, 6.45) is 6.34. The van der Waals surface area contributed by atoms with Gasteiger partial charge in [0.1, 0.15) is 12.2 Å². The van der Waals surface area contributed by atoms with E-state index in [1.807, 2.05) is 4.68 Å². The van der Waals surface area contributed by atoms with E-state index in [4.69, 9.17) is 5.73 Å². The highest BCUT2D eigenvalue weighted by Crippen LogP contribution is 2.44. The molecule has 0 amide bonds. The molecule has 4 nitrogen and oxygen atoms in total. The van der Waals surface area contributed by atoms with Crippen molar-refractivity contribution in [2.75, 3.05) is 0 Å². The van der Waals surface area contributed by atoms with Gasteiger partial charge in [-0.25, -0.2) is 9.67 Å². The van der Waals surface area contributed by atoms with Gasteiger partial charge >= 0.3 is 0 Å². The number of nitrogens with two attached hydrogens (primary N) is 1. The highest BCUT2D eigenvalue weighted by Gasteiger charge is 2.38. The lowest BCUT2D eigenvalue weighted by molar-refractivity contribution is 0.217. The Hall–Kier alpha value is -0.900. The van der Waals surface area contributed by atoms with E-state index in [0.29, 0.717) is 17.4 Å². The van der Waals surface area contributed by atoms with Crippen molar-refractivity contribution >= 4 is 0 Å². The van der Waals surface area contributed by atoms with Crippen LogP contribution in [0.25, 0.3) is 0 Å². The Kier molecular flexibility index (Phi) is 3.76. The second-order valence-electron chi connectivity index (χ2n) is 6.57. The molecule has 0 saturated heterocycles. The first-order chi connectivity index (χ1) is 8.42. The highest BCUT2D eigenvalue weighted by atomic mass is 15.3. The van der Waals surface area contributed by atoms with Gasteiger partial charge in [-0.05, 0) is 38.0 Å². The van der Waals surface area contributed by atoms with Crippen molar-refractivity contribution in [3.8, 4) is 0 Å². The van der Waals surface area contributed by atoms with Crippen LogP contribution in [0.5, 0.6) is 0 Å². The third-order valence-corrected chi connectivity index (χ3v) is 4.41. The fourth-order valence-electron chi connectivity index (χ4n) is 3.35. The van der Waals surface area contributed by atoms with Crippen LogP contribution in [0.2, 0.25) is 0 Å². The molecule has 0 aromatic carbocycles. The average Bonchev–Trinajstić information content (AvgIpc) is 2.83. The SMILES string of the molecule is CC(C)n1ncnc1CC(N)C1CCCC1(C)C. The van der Waals surface area contributed by atoms with Gasteiger partial charge in [-0.15, -0.1) is 0 Å². The lowest BCUT2D eigenvalue weighted by Crippen LogP contribution is -2.38. The molecule has 1 aliphatic rings. The predicted octanol–water partition coefficient (Wildman–Crippen LogP) is 2.56. The Morgan fingerprint density at radius 3 is 2.78 bits per heavy atom. The topological polar surface area (TPSA) is 56.7 Å². The van der Waals surface area contributed by atoms with Crippen LogP contribution in [0.4, 0.5) is 0 Å². The molecule has 2 N–H and O–H groups in total. The molecule has 4 heteroatoms. The van der Waals surface area contributed by atoms with Crippen LogP contribution in [0.1, 0.15) is 58.8 Å². The zero-order chi connectivity index (χ0) is 13.3. The minimum atomic E-state index is 0.198. The summed E-state index contributed by atoms with van der Waals surface area (Å²) in [7, 11) is 0. The van der Waals surface area contributed by atoms with Crippen molar-refractivity contribution in [2.24, 2.45) is 17.1 Å². The lowest BCUT2D eigenvalue weighted by Gasteiger charge is -2.32. The largest absolute Gasteiger partial charge is 0.327 e. The molecule has 2 unspecified atom stereocenters. The summed E-state index contributed by atoms with van der Waals surface area (Å²) in [4.78, 5) is 4.37. The summed E-state index contributed by atoms with van der Waals surface area (Å²) in [5, 5.41) is 4.28. The Balaban J connectivity index is 2.07. The zero-order valence-electron chi connectivity index (χ0n) is 12.1. The van der Waals surface area contributed by atoms with E-state index < -0.39 is 0 Å². The summed E-state index contributed by atoms with van der Waals surface area (Å²) < 4.78 is 1.99. The third-order valence-electron chi connectivity index (χ3n) is 4.41. The molecule has 0 spiro atoms. The molecule has 1 aromatic heterocycles. The molecule has 18 heavy (non-hydrogen) atoms. The molecular weight excluding hydrogens is 224 g/mol. The van der Waals surface area contributed by atoms with E-state index in [1.165, 1.54) is 19.3 Å². The summed E-state index contributed by atoms with van der Waals surface area (Å²) in [6.45, 7) is 8.95. The fourth-order valence-corrected chi connectivity index (χ4v) is 3.35. The molecule has 1 aliphatic carbocycles. The van der Waals surface area contributed by atoms with Crippen LogP contribution in [0.15, 0.2) is 6.33 Å². The van der Waals surface area contributed by atoms with Crippen LogP contribution >= 0.6 is 0 Å². The highest BCUT2D eigenvalue weighted by molar-refractivity contribution is 4.97. The van der Waals surface area contributed by atoms with Crippen LogP contribution in [0.3, 0.4) is 0 Å². The van der Waals surface area contributed by atoms with Gasteiger partial charge in [0.05, 0.1) is 0 Å². The van der Waals surface area contributed by atoms with Gasteiger partial charge in [-0.2, -0.15) is 5.10 Å². The summed E-state index contributed by atoms with van der Waals surface area (Å²) in [5.74, 6) is 1.63. The first-order valence-electron chi connectivity index (χ1n) is 7.06. The molecule has 1 heterocycles. The molecule has 0 bridgehead atoms. The first kappa shape index (κ1) is 13.5. The maximum Gasteiger partial charge on any atom is 0.138 e. The first-order valence-corrected chi connectivity index (χ1v) is 7.06. The molecule has 0 aliphatic heterocycles. The maximum atomic E-state index is 6.43. The minimum Gasteiger partial charge on any atom is -0.327 e. The molecule has 1 fully saturated rings. The van der Waals surface area contributed by atoms with Crippen molar-refractivity contribution < 1.29 is 0 Å². The van der Waals surface area contributed by atoms with Gasteiger partial charge in [-0.3, -0.25) is 0 Å². The van der Waals surface area contributed by atoms with E-state index in [0.717, 1.165) is 12.2 Å². The number of rotatable bonds is 4. The Morgan fingerprint density at radius 1 is 1.50 bits per heavy atom. The lowest BCUT2D eigenvalue weighted by atomic mass is 9.77. The van der Waals surface area contributed by atoms with Gasteiger partial charge in [0, 0.05) is 18.5 Å². The monoisotopic (exact) mass is 250 g/mol. The molecule has 1 aromatic rings. The predicted molar refractivity (Wildman–Crippen MR) is 73.2 cm³/mol. The van der Waals surface area contributed by atoms with E-state index in [1.54, 1.807) is 6.33 Å². The van der Waals surface area contributed by atoms with Crippen LogP contribution in [-0.2, 0) is 6.42 Å². The smallest absolute Gasteiger partial charge is 0.138 e. The van der Waals surface area contributed by atoms with Gasteiger partial charge < -0.3 is 5.73 Å². The standard InChI is InChI=1S/C14H26N4/c1-10(2)18-13(16-9-17-18)8-12(15)11-6-5-7-14(11,3)4/h9-12H,5-8,15H2,1-4H3. The quantitative estimate of drug-likeness (QED) is 0.893. The van der Waals surface area contributed by atoms with E-state index in [-0.39, 0.29) is 6.04 Å². The van der Waals surface area contributed by atoms with Crippen LogP contribution in [-0.4, -0.2) is 20.8 Å². The molecule has 2 rings (SSSR count). The molecule has 2 atom stereocenters. The number of aromatic nitrogens is 3. The summed E-state index contributed by atoms with van der Waals surface area (Å²) >= 11 is 0. The Morgan fingerprint density at radius 2 is 2.22 bits per heavy atom. The number of nitrogens with zero attached hydrogens (tertiary/aromatic N) is 3. The van der Waals surface area contributed by atoms with E-state index >= 15 is 0 Å². The molecular formula is C14H26N4. The summed E-state index contributed by atoms with van der Waals surface area (Å²) in [5.41, 5.74) is 6.81. The fraction of sp³-hybridized carbons (Fsp3) is 0.857. The maximum absolute atomic E-state index is 6.43. The van der Waals surface area contributed by atoms with Crippen molar-refractivity contribution in [1.82, 2.24) is 14.8 Å². The average molecular weight is 250 g/mol. The van der Waals surface area contributed by atoms with Gasteiger partial charge in [0.2, 0.25) is 0 Å². The zero-order valence-corrected chi connectivity index (χ0v) is 12.1. The molecule has 0 radical (unpaired) electrons. The second-order valence-corrected chi connectivity index (χ2v) is 6.57. The minimum absolute atomic E-state index is 0.198. The van der Waals surface area contributed by atoms with Crippen LogP contribution in [0, 0.1) is 11.3 Å². The Labute approximate surface area is 110 Å². The normalized spacial score (nSPS) is 24.7. The van der Waals surface area contributed by atoms with Crippen LogP contribution < -0.4 is 5.73 Å². The number of hydrogen-bond acceptors (Lipinski definition) is 3. The molecule has 1 saturated carbocycles.